The summed E-state index contributed by atoms with van der Waals surface area (Å²) >= 11 is 7.68. The van der Waals surface area contributed by atoms with Gasteiger partial charge in [-0.1, -0.05) is 23.7 Å². The number of hydrogen-bond donors (Lipinski definition) is 2. The molecular weight excluding hydrogens is 216 g/mol. The van der Waals surface area contributed by atoms with Crippen LogP contribution in [0.25, 0.3) is 10.1 Å². The van der Waals surface area contributed by atoms with Gasteiger partial charge < -0.3 is 11.5 Å². The molecule has 2 nitrogen and oxygen atoms in total. The first kappa shape index (κ1) is 9.93. The highest BCUT2D eigenvalue weighted by Crippen LogP contribution is 2.33. The van der Waals surface area contributed by atoms with Crippen molar-refractivity contribution in [2.75, 3.05) is 6.54 Å². The average molecular weight is 227 g/mol. The summed E-state index contributed by atoms with van der Waals surface area (Å²) in [5, 5.41) is 1.92. The minimum Gasteiger partial charge on any atom is -0.329 e. The lowest BCUT2D eigenvalue weighted by molar-refractivity contribution is 0.752. The molecule has 0 saturated heterocycles. The summed E-state index contributed by atoms with van der Waals surface area (Å²) in [5.41, 5.74) is 11.4. The monoisotopic (exact) mass is 226 g/mol. The third-order valence-corrected chi connectivity index (χ3v) is 3.88. The van der Waals surface area contributed by atoms with E-state index >= 15 is 0 Å². The van der Waals surface area contributed by atoms with Crippen LogP contribution in [0, 0.1) is 0 Å². The van der Waals surface area contributed by atoms with E-state index in [0.29, 0.717) is 6.54 Å². The lowest BCUT2D eigenvalue weighted by atomic mass is 10.2. The summed E-state index contributed by atoms with van der Waals surface area (Å²) in [6.45, 7) is 0.463. The summed E-state index contributed by atoms with van der Waals surface area (Å²) in [5.74, 6) is 0. The van der Waals surface area contributed by atoms with Crippen molar-refractivity contribution < 1.29 is 0 Å². The molecule has 4 N–H and O–H groups in total. The first-order valence-electron chi connectivity index (χ1n) is 4.36. The van der Waals surface area contributed by atoms with Gasteiger partial charge >= 0.3 is 0 Å². The highest BCUT2D eigenvalue weighted by atomic mass is 35.5. The zero-order chi connectivity index (χ0) is 10.1. The molecule has 0 spiro atoms. The van der Waals surface area contributed by atoms with E-state index in [1.807, 2.05) is 18.2 Å². The Morgan fingerprint density at radius 2 is 2.21 bits per heavy atom. The highest BCUT2D eigenvalue weighted by molar-refractivity contribution is 7.19. The summed E-state index contributed by atoms with van der Waals surface area (Å²) in [4.78, 5) is 1.09. The van der Waals surface area contributed by atoms with Crippen LogP contribution in [-0.4, -0.2) is 6.54 Å². The number of halogens is 1. The summed E-state index contributed by atoms with van der Waals surface area (Å²) in [6.07, 6.45) is 0. The van der Waals surface area contributed by atoms with Crippen molar-refractivity contribution in [3.8, 4) is 0 Å². The van der Waals surface area contributed by atoms with Crippen molar-refractivity contribution in [3.63, 3.8) is 0 Å². The summed E-state index contributed by atoms with van der Waals surface area (Å²) in [7, 11) is 0. The standard InChI is InChI=1S/C10H11ClN2S/c11-7-3-1-2-6-4-9(8(13)5-12)14-10(6)7/h1-4,8H,5,12-13H2/t8-/m1/s1. The third-order valence-electron chi connectivity index (χ3n) is 2.13. The van der Waals surface area contributed by atoms with Crippen molar-refractivity contribution in [1.29, 1.82) is 0 Å². The van der Waals surface area contributed by atoms with Crippen molar-refractivity contribution in [2.24, 2.45) is 11.5 Å². The molecule has 1 aromatic carbocycles. The fourth-order valence-electron chi connectivity index (χ4n) is 1.35. The topological polar surface area (TPSA) is 52.0 Å². The van der Waals surface area contributed by atoms with Crippen LogP contribution in [0.3, 0.4) is 0 Å². The van der Waals surface area contributed by atoms with E-state index in [1.165, 1.54) is 0 Å². The maximum atomic E-state index is 6.06. The molecule has 0 radical (unpaired) electrons. The van der Waals surface area contributed by atoms with Crippen molar-refractivity contribution in [2.45, 2.75) is 6.04 Å². The van der Waals surface area contributed by atoms with Gasteiger partial charge in [-0.15, -0.1) is 11.3 Å². The molecule has 1 heterocycles. The minimum absolute atomic E-state index is 0.0801. The van der Waals surface area contributed by atoms with Crippen LogP contribution in [0.4, 0.5) is 0 Å². The molecule has 0 bridgehead atoms. The Bertz CT molecular complexity index is 452. The number of benzene rings is 1. The number of rotatable bonds is 2. The molecule has 1 aromatic heterocycles. The van der Waals surface area contributed by atoms with E-state index in [9.17, 15) is 0 Å². The van der Waals surface area contributed by atoms with E-state index in [0.717, 1.165) is 20.0 Å². The molecule has 0 amide bonds. The second kappa shape index (κ2) is 3.87. The van der Waals surface area contributed by atoms with Crippen LogP contribution in [0.5, 0.6) is 0 Å². The molecule has 2 rings (SSSR count). The Kier molecular flexibility index (Phi) is 2.74. The Hall–Kier alpha value is -0.610. The third kappa shape index (κ3) is 1.64. The van der Waals surface area contributed by atoms with E-state index in [4.69, 9.17) is 23.1 Å². The zero-order valence-corrected chi connectivity index (χ0v) is 9.11. The summed E-state index contributed by atoms with van der Waals surface area (Å²) < 4.78 is 1.09. The quantitative estimate of drug-likeness (QED) is 0.827. The lowest BCUT2D eigenvalue weighted by Crippen LogP contribution is -2.19. The highest BCUT2D eigenvalue weighted by Gasteiger charge is 2.09. The van der Waals surface area contributed by atoms with E-state index in [1.54, 1.807) is 11.3 Å². The zero-order valence-electron chi connectivity index (χ0n) is 7.53. The first-order valence-corrected chi connectivity index (χ1v) is 5.55. The Morgan fingerprint density at radius 1 is 1.43 bits per heavy atom. The van der Waals surface area contributed by atoms with E-state index in [2.05, 4.69) is 6.07 Å². The van der Waals surface area contributed by atoms with Crippen LogP contribution in [-0.2, 0) is 0 Å². The average Bonchev–Trinajstić information content (AvgIpc) is 2.62. The molecule has 0 aliphatic heterocycles. The molecule has 4 heteroatoms. The molecule has 0 saturated carbocycles. The van der Waals surface area contributed by atoms with Gasteiger partial charge in [0.2, 0.25) is 0 Å². The molecule has 1 atom stereocenters. The largest absolute Gasteiger partial charge is 0.329 e. The van der Waals surface area contributed by atoms with Crippen molar-refractivity contribution >= 4 is 33.0 Å². The normalized spacial score (nSPS) is 13.4. The van der Waals surface area contributed by atoms with Crippen LogP contribution in [0.1, 0.15) is 10.9 Å². The molecule has 0 aliphatic carbocycles. The number of hydrogen-bond acceptors (Lipinski definition) is 3. The van der Waals surface area contributed by atoms with Gasteiger partial charge in [-0.25, -0.2) is 0 Å². The van der Waals surface area contributed by atoms with Gasteiger partial charge in [0.05, 0.1) is 15.8 Å². The van der Waals surface area contributed by atoms with Gasteiger partial charge in [0.25, 0.3) is 0 Å². The predicted molar refractivity (Wildman–Crippen MR) is 62.8 cm³/mol. The number of thiophene rings is 1. The Morgan fingerprint density at radius 3 is 2.86 bits per heavy atom. The van der Waals surface area contributed by atoms with Gasteiger partial charge in [0.15, 0.2) is 0 Å². The lowest BCUT2D eigenvalue weighted by Gasteiger charge is -2.03. The maximum absolute atomic E-state index is 6.06. The molecule has 0 unspecified atom stereocenters. The van der Waals surface area contributed by atoms with Gasteiger partial charge in [-0.3, -0.25) is 0 Å². The molecule has 14 heavy (non-hydrogen) atoms. The van der Waals surface area contributed by atoms with Crippen molar-refractivity contribution in [1.82, 2.24) is 0 Å². The first-order chi connectivity index (χ1) is 6.72. The van der Waals surface area contributed by atoms with Crippen molar-refractivity contribution in [3.05, 3.63) is 34.2 Å². The fourth-order valence-corrected chi connectivity index (χ4v) is 2.72. The molecule has 2 aromatic rings. The SMILES string of the molecule is NC[C@@H](N)c1cc2cccc(Cl)c2s1. The Balaban J connectivity index is 2.56. The molecular formula is C10H11ClN2S. The Labute approximate surface area is 91.5 Å². The fraction of sp³-hybridized carbons (Fsp3) is 0.200. The predicted octanol–water partition coefficient (Wildman–Crippen LogP) is 2.51. The van der Waals surface area contributed by atoms with E-state index in [-0.39, 0.29) is 6.04 Å². The van der Waals surface area contributed by atoms with Crippen LogP contribution in [0.2, 0.25) is 5.02 Å². The molecule has 74 valence electrons. The van der Waals surface area contributed by atoms with Crippen LogP contribution in [0.15, 0.2) is 24.3 Å². The maximum Gasteiger partial charge on any atom is 0.0584 e. The minimum atomic E-state index is -0.0801. The number of nitrogens with two attached hydrogens (primary N) is 2. The second-order valence-corrected chi connectivity index (χ2v) is 4.64. The molecule has 0 fully saturated rings. The van der Waals surface area contributed by atoms with Gasteiger partial charge in [-0.2, -0.15) is 0 Å². The van der Waals surface area contributed by atoms with Gasteiger partial charge in [0.1, 0.15) is 0 Å². The van der Waals surface area contributed by atoms with Gasteiger partial charge in [-0.05, 0) is 17.5 Å². The van der Waals surface area contributed by atoms with Crippen LogP contribution >= 0.6 is 22.9 Å². The number of fused-ring (bicyclic) bond motifs is 1. The van der Waals surface area contributed by atoms with Crippen LogP contribution < -0.4 is 11.5 Å². The van der Waals surface area contributed by atoms with E-state index < -0.39 is 0 Å². The second-order valence-electron chi connectivity index (χ2n) is 3.15. The van der Waals surface area contributed by atoms with Gasteiger partial charge in [0, 0.05) is 11.4 Å². The molecule has 0 aliphatic rings. The smallest absolute Gasteiger partial charge is 0.0584 e. The summed E-state index contributed by atoms with van der Waals surface area (Å²) in [6, 6.07) is 7.84.